The molecule has 0 atom stereocenters. The highest BCUT2D eigenvalue weighted by molar-refractivity contribution is 8.01. The molecule has 0 saturated carbocycles. The molecule has 1 aliphatic rings. The Morgan fingerprint density at radius 2 is 1.78 bits per heavy atom. The molecule has 2 aromatic rings. The van der Waals surface area contributed by atoms with Crippen LogP contribution in [0, 0.1) is 6.92 Å². The standard InChI is InChI=1S/C20H26N2OS2.2ClH/c1-16-15-18(19(23)17-7-4-3-5-8-17)20(25-16)24-14-6-9-22-12-10-21(2)11-13-22;;/h3-5,7-8,15H,6,9-14H2,1-2H3;2*1H. The number of hydrogen-bond donors (Lipinski definition) is 0. The summed E-state index contributed by atoms with van der Waals surface area (Å²) in [6.45, 7) is 7.95. The number of nitrogens with zero attached hydrogens (tertiary/aromatic N) is 2. The molecule has 0 bridgehead atoms. The third-order valence-corrected chi connectivity index (χ3v) is 6.97. The first-order valence-electron chi connectivity index (χ1n) is 8.87. The van der Waals surface area contributed by atoms with Gasteiger partial charge in [0.25, 0.3) is 0 Å². The molecule has 0 unspecified atom stereocenters. The summed E-state index contributed by atoms with van der Waals surface area (Å²) in [6, 6.07) is 11.6. The third-order valence-electron chi connectivity index (χ3n) is 4.55. The molecule has 1 aromatic carbocycles. The van der Waals surface area contributed by atoms with E-state index in [-0.39, 0.29) is 30.6 Å². The molecule has 1 aliphatic heterocycles. The van der Waals surface area contributed by atoms with E-state index in [0.717, 1.165) is 23.4 Å². The van der Waals surface area contributed by atoms with Crippen LogP contribution in [0.2, 0.25) is 0 Å². The maximum absolute atomic E-state index is 12.8. The molecule has 1 saturated heterocycles. The Kier molecular flexibility index (Phi) is 11.0. The minimum Gasteiger partial charge on any atom is -0.304 e. The molecule has 2 heterocycles. The smallest absolute Gasteiger partial charge is 0.195 e. The molecule has 0 spiro atoms. The van der Waals surface area contributed by atoms with Crippen LogP contribution in [0.4, 0.5) is 0 Å². The molecular formula is C20H28Cl2N2OS2. The zero-order valence-corrected chi connectivity index (χ0v) is 19.1. The van der Waals surface area contributed by atoms with Crippen LogP contribution < -0.4 is 0 Å². The van der Waals surface area contributed by atoms with E-state index in [1.165, 1.54) is 41.7 Å². The van der Waals surface area contributed by atoms with Crippen molar-refractivity contribution in [3.8, 4) is 0 Å². The topological polar surface area (TPSA) is 23.6 Å². The van der Waals surface area contributed by atoms with Crippen molar-refractivity contribution in [3.63, 3.8) is 0 Å². The molecule has 0 radical (unpaired) electrons. The van der Waals surface area contributed by atoms with Gasteiger partial charge in [0, 0.05) is 47.9 Å². The Labute approximate surface area is 183 Å². The van der Waals surface area contributed by atoms with Gasteiger partial charge in [0.2, 0.25) is 0 Å². The Balaban J connectivity index is 0.00000182. The Hall–Kier alpha value is -0.560. The lowest BCUT2D eigenvalue weighted by Crippen LogP contribution is -2.44. The maximum atomic E-state index is 12.8. The van der Waals surface area contributed by atoms with Crippen molar-refractivity contribution < 1.29 is 4.79 Å². The number of likely N-dealkylation sites (N-methyl/N-ethyl adjacent to an activating group) is 1. The largest absolute Gasteiger partial charge is 0.304 e. The van der Waals surface area contributed by atoms with Gasteiger partial charge in [-0.25, -0.2) is 0 Å². The lowest BCUT2D eigenvalue weighted by molar-refractivity contribution is 0.103. The van der Waals surface area contributed by atoms with Crippen LogP contribution in [-0.4, -0.2) is 61.1 Å². The summed E-state index contributed by atoms with van der Waals surface area (Å²) >= 11 is 3.59. The van der Waals surface area contributed by atoms with Crippen LogP contribution in [-0.2, 0) is 0 Å². The van der Waals surface area contributed by atoms with E-state index in [9.17, 15) is 4.79 Å². The van der Waals surface area contributed by atoms with Crippen LogP contribution >= 0.6 is 47.9 Å². The molecule has 3 rings (SSSR count). The molecule has 0 aliphatic carbocycles. The van der Waals surface area contributed by atoms with E-state index in [0.29, 0.717) is 0 Å². The first kappa shape index (κ1) is 24.5. The van der Waals surface area contributed by atoms with Crippen LogP contribution in [0.5, 0.6) is 0 Å². The second kappa shape index (κ2) is 12.1. The van der Waals surface area contributed by atoms with Gasteiger partial charge < -0.3 is 9.80 Å². The summed E-state index contributed by atoms with van der Waals surface area (Å²) in [5.74, 6) is 1.22. The zero-order chi connectivity index (χ0) is 17.6. The number of aryl methyl sites for hydroxylation is 1. The highest BCUT2D eigenvalue weighted by Gasteiger charge is 2.17. The summed E-state index contributed by atoms with van der Waals surface area (Å²) in [5, 5.41) is 0. The Bertz CT molecular complexity index is 701. The highest BCUT2D eigenvalue weighted by Crippen LogP contribution is 2.33. The van der Waals surface area contributed by atoms with Gasteiger partial charge in [-0.2, -0.15) is 0 Å². The van der Waals surface area contributed by atoms with Crippen molar-refractivity contribution in [1.82, 2.24) is 9.80 Å². The second-order valence-corrected chi connectivity index (χ2v) is 9.22. The lowest BCUT2D eigenvalue weighted by Gasteiger charge is -2.32. The summed E-state index contributed by atoms with van der Waals surface area (Å²) in [5.41, 5.74) is 1.65. The van der Waals surface area contributed by atoms with E-state index < -0.39 is 0 Å². The SMILES string of the molecule is Cc1cc(C(=O)c2ccccc2)c(SCCCN2CCN(C)CC2)s1.Cl.Cl. The van der Waals surface area contributed by atoms with Crippen molar-refractivity contribution in [1.29, 1.82) is 0 Å². The molecule has 3 nitrogen and oxygen atoms in total. The lowest BCUT2D eigenvalue weighted by atomic mass is 10.1. The molecule has 1 fully saturated rings. The number of hydrogen-bond acceptors (Lipinski definition) is 5. The van der Waals surface area contributed by atoms with Crippen LogP contribution in [0.3, 0.4) is 0 Å². The van der Waals surface area contributed by atoms with Crippen LogP contribution in [0.1, 0.15) is 27.2 Å². The van der Waals surface area contributed by atoms with E-state index in [1.54, 1.807) is 11.3 Å². The van der Waals surface area contributed by atoms with Crippen molar-refractivity contribution in [2.45, 2.75) is 17.6 Å². The minimum absolute atomic E-state index is 0. The maximum Gasteiger partial charge on any atom is 0.195 e. The molecule has 1 aromatic heterocycles. The number of carbonyl (C=O) groups excluding carboxylic acids is 1. The quantitative estimate of drug-likeness (QED) is 0.344. The molecular weight excluding hydrogens is 419 g/mol. The monoisotopic (exact) mass is 446 g/mol. The molecule has 0 amide bonds. The van der Waals surface area contributed by atoms with Gasteiger partial charge in [-0.05, 0) is 33.0 Å². The van der Waals surface area contributed by atoms with E-state index in [2.05, 4.69) is 23.8 Å². The predicted octanol–water partition coefficient (Wildman–Crippen LogP) is 4.86. The predicted molar refractivity (Wildman–Crippen MR) is 123 cm³/mol. The highest BCUT2D eigenvalue weighted by atomic mass is 35.5. The fourth-order valence-corrected chi connectivity index (χ4v) is 5.40. The fraction of sp³-hybridized carbons (Fsp3) is 0.450. The first-order chi connectivity index (χ1) is 12.1. The van der Waals surface area contributed by atoms with Gasteiger partial charge in [-0.3, -0.25) is 4.79 Å². The normalized spacial score (nSPS) is 15.0. The Morgan fingerprint density at radius 1 is 1.11 bits per heavy atom. The Morgan fingerprint density at radius 3 is 2.44 bits per heavy atom. The number of carbonyl (C=O) groups is 1. The number of halogens is 2. The molecule has 0 N–H and O–H groups in total. The number of benzene rings is 1. The van der Waals surface area contributed by atoms with Crippen molar-refractivity contribution in [2.24, 2.45) is 0 Å². The first-order valence-corrected chi connectivity index (χ1v) is 10.7. The summed E-state index contributed by atoms with van der Waals surface area (Å²) in [7, 11) is 2.19. The van der Waals surface area contributed by atoms with E-state index >= 15 is 0 Å². The number of ketones is 1. The number of thiophene rings is 1. The average molecular weight is 447 g/mol. The summed E-state index contributed by atoms with van der Waals surface area (Å²) in [4.78, 5) is 18.9. The van der Waals surface area contributed by atoms with Gasteiger partial charge in [0.05, 0.1) is 4.21 Å². The van der Waals surface area contributed by atoms with E-state index in [1.807, 2.05) is 48.2 Å². The number of rotatable bonds is 7. The van der Waals surface area contributed by atoms with Crippen LogP contribution in [0.15, 0.2) is 40.6 Å². The average Bonchev–Trinajstić information content (AvgIpc) is 3.01. The van der Waals surface area contributed by atoms with Crippen molar-refractivity contribution in [2.75, 3.05) is 45.5 Å². The van der Waals surface area contributed by atoms with Crippen molar-refractivity contribution >= 4 is 53.7 Å². The summed E-state index contributed by atoms with van der Waals surface area (Å²) in [6.07, 6.45) is 1.17. The third kappa shape index (κ3) is 7.08. The number of piperazine rings is 1. The number of thioether (sulfide) groups is 1. The van der Waals surface area contributed by atoms with Crippen molar-refractivity contribution in [3.05, 3.63) is 52.4 Å². The second-order valence-electron chi connectivity index (χ2n) is 6.60. The van der Waals surface area contributed by atoms with Crippen LogP contribution in [0.25, 0.3) is 0 Å². The zero-order valence-electron chi connectivity index (χ0n) is 15.8. The van der Waals surface area contributed by atoms with Gasteiger partial charge in [0.1, 0.15) is 0 Å². The van der Waals surface area contributed by atoms with E-state index in [4.69, 9.17) is 0 Å². The van der Waals surface area contributed by atoms with Gasteiger partial charge in [-0.1, -0.05) is 30.3 Å². The van der Waals surface area contributed by atoms with Gasteiger partial charge >= 0.3 is 0 Å². The summed E-state index contributed by atoms with van der Waals surface area (Å²) < 4.78 is 1.17. The van der Waals surface area contributed by atoms with Gasteiger partial charge in [-0.15, -0.1) is 47.9 Å². The molecule has 150 valence electrons. The molecule has 7 heteroatoms. The van der Waals surface area contributed by atoms with Gasteiger partial charge in [0.15, 0.2) is 5.78 Å². The molecule has 27 heavy (non-hydrogen) atoms. The fourth-order valence-electron chi connectivity index (χ4n) is 3.03. The minimum atomic E-state index is 0.